The molecule has 0 rings (SSSR count). The Kier molecular flexibility index (Phi) is 55.5. The van der Waals surface area contributed by atoms with E-state index in [0.29, 0.717) is 25.9 Å². The summed E-state index contributed by atoms with van der Waals surface area (Å²) in [6.45, 7) is 4.91. The molecule has 396 valence electrons. The Morgan fingerprint density at radius 3 is 1.06 bits per heavy atom. The molecule has 6 nitrogen and oxygen atoms in total. The Bertz CT molecular complexity index is 1040. The third-order valence-corrected chi connectivity index (χ3v) is 14.0. The quantitative estimate of drug-likeness (QED) is 0.0321. The van der Waals surface area contributed by atoms with E-state index in [0.717, 1.165) is 77.0 Å². The number of ether oxygens (including phenoxy) is 1. The lowest BCUT2D eigenvalue weighted by atomic mass is 10.0. The first kappa shape index (κ1) is 65.3. The fourth-order valence-corrected chi connectivity index (χ4v) is 9.34. The van der Waals surface area contributed by atoms with Crippen molar-refractivity contribution in [3.8, 4) is 0 Å². The van der Waals surface area contributed by atoms with Gasteiger partial charge in [-0.05, 0) is 83.5 Å². The van der Waals surface area contributed by atoms with Gasteiger partial charge >= 0.3 is 5.97 Å². The van der Waals surface area contributed by atoms with Crippen LogP contribution >= 0.6 is 0 Å². The SMILES string of the molecule is CCCCCCCC/C=C\CCCCCCCCCCCC(=O)OCCCCC/C=C\CCCCCCCC(=O)NC(CO)C(O)CCCCCCCCCCCCCCCCCCCCC. The van der Waals surface area contributed by atoms with Crippen LogP contribution in [0.2, 0.25) is 0 Å². The van der Waals surface area contributed by atoms with Gasteiger partial charge in [0.2, 0.25) is 5.91 Å². The fraction of sp³-hybridized carbons (Fsp3) is 0.902. The second-order valence-corrected chi connectivity index (χ2v) is 20.7. The number of unbranched alkanes of at least 4 members (excludes halogenated alkanes) is 41. The molecule has 0 saturated carbocycles. The van der Waals surface area contributed by atoms with Crippen molar-refractivity contribution < 1.29 is 24.5 Å². The molecule has 1 amide bonds. The maximum Gasteiger partial charge on any atom is 0.305 e. The summed E-state index contributed by atoms with van der Waals surface area (Å²) in [6, 6.07) is -0.561. The van der Waals surface area contributed by atoms with E-state index in [9.17, 15) is 19.8 Å². The third kappa shape index (κ3) is 53.5. The van der Waals surface area contributed by atoms with E-state index in [1.165, 1.54) is 218 Å². The number of carbonyl (C=O) groups excluding carboxylic acids is 2. The van der Waals surface area contributed by atoms with Crippen LogP contribution in [0.3, 0.4) is 0 Å². The van der Waals surface area contributed by atoms with Crippen LogP contribution < -0.4 is 5.32 Å². The van der Waals surface area contributed by atoms with E-state index in [4.69, 9.17) is 4.74 Å². The molecule has 6 heteroatoms. The fourth-order valence-electron chi connectivity index (χ4n) is 9.34. The van der Waals surface area contributed by atoms with Crippen LogP contribution in [0.25, 0.3) is 0 Å². The molecule has 2 unspecified atom stereocenters. The Morgan fingerprint density at radius 1 is 0.403 bits per heavy atom. The molecule has 67 heavy (non-hydrogen) atoms. The lowest BCUT2D eigenvalue weighted by Gasteiger charge is -2.22. The molecule has 0 fully saturated rings. The number of aliphatic hydroxyl groups excluding tert-OH is 2. The summed E-state index contributed by atoms with van der Waals surface area (Å²) in [6.07, 6.45) is 68.9. The number of amides is 1. The molecule has 0 radical (unpaired) electrons. The highest BCUT2D eigenvalue weighted by Gasteiger charge is 2.20. The highest BCUT2D eigenvalue weighted by molar-refractivity contribution is 5.76. The number of carbonyl (C=O) groups is 2. The summed E-state index contributed by atoms with van der Waals surface area (Å²) in [5.74, 6) is -0.0806. The van der Waals surface area contributed by atoms with E-state index >= 15 is 0 Å². The second-order valence-electron chi connectivity index (χ2n) is 20.7. The first-order chi connectivity index (χ1) is 33.0. The summed E-state index contributed by atoms with van der Waals surface area (Å²) in [4.78, 5) is 24.6. The van der Waals surface area contributed by atoms with Crippen LogP contribution in [0.1, 0.15) is 328 Å². The third-order valence-electron chi connectivity index (χ3n) is 14.0. The largest absolute Gasteiger partial charge is 0.466 e. The summed E-state index contributed by atoms with van der Waals surface area (Å²) in [5.41, 5.74) is 0. The molecule has 0 aromatic carbocycles. The molecule has 0 aliphatic carbocycles. The average molecular weight is 945 g/mol. The zero-order valence-corrected chi connectivity index (χ0v) is 45.1. The lowest BCUT2D eigenvalue weighted by Crippen LogP contribution is -2.45. The van der Waals surface area contributed by atoms with Gasteiger partial charge in [0.05, 0.1) is 25.4 Å². The Hall–Kier alpha value is -1.66. The molecular weight excluding hydrogens is 827 g/mol. The molecule has 0 aromatic heterocycles. The van der Waals surface area contributed by atoms with E-state index in [2.05, 4.69) is 43.5 Å². The monoisotopic (exact) mass is 944 g/mol. The molecule has 0 aliphatic rings. The van der Waals surface area contributed by atoms with Crippen molar-refractivity contribution >= 4 is 11.9 Å². The van der Waals surface area contributed by atoms with E-state index in [1.54, 1.807) is 0 Å². The van der Waals surface area contributed by atoms with Crippen LogP contribution in [0, 0.1) is 0 Å². The normalized spacial score (nSPS) is 12.7. The van der Waals surface area contributed by atoms with Crippen molar-refractivity contribution in [1.82, 2.24) is 5.32 Å². The van der Waals surface area contributed by atoms with Crippen molar-refractivity contribution in [3.63, 3.8) is 0 Å². The molecule has 3 N–H and O–H groups in total. The van der Waals surface area contributed by atoms with Crippen LogP contribution in [0.5, 0.6) is 0 Å². The first-order valence-electron chi connectivity index (χ1n) is 30.1. The van der Waals surface area contributed by atoms with Gasteiger partial charge in [-0.1, -0.05) is 256 Å². The summed E-state index contributed by atoms with van der Waals surface area (Å²) in [5, 5.41) is 23.3. The number of esters is 1. The van der Waals surface area contributed by atoms with Gasteiger partial charge in [0.25, 0.3) is 0 Å². The predicted molar refractivity (Wildman–Crippen MR) is 292 cm³/mol. The van der Waals surface area contributed by atoms with Gasteiger partial charge in [0.15, 0.2) is 0 Å². The van der Waals surface area contributed by atoms with Crippen molar-refractivity contribution in [2.45, 2.75) is 341 Å². The minimum atomic E-state index is -0.681. The molecule has 0 heterocycles. The van der Waals surface area contributed by atoms with E-state index < -0.39 is 12.1 Å². The van der Waals surface area contributed by atoms with E-state index in [1.807, 2.05) is 0 Å². The summed E-state index contributed by atoms with van der Waals surface area (Å²) >= 11 is 0. The van der Waals surface area contributed by atoms with Crippen LogP contribution in [-0.2, 0) is 14.3 Å². The zero-order chi connectivity index (χ0) is 48.6. The van der Waals surface area contributed by atoms with Gasteiger partial charge in [0, 0.05) is 12.8 Å². The molecule has 0 spiro atoms. The van der Waals surface area contributed by atoms with Gasteiger partial charge < -0.3 is 20.3 Å². The van der Waals surface area contributed by atoms with Gasteiger partial charge in [-0.25, -0.2) is 0 Å². The number of hydrogen-bond acceptors (Lipinski definition) is 5. The number of nitrogens with one attached hydrogen (secondary N) is 1. The van der Waals surface area contributed by atoms with Gasteiger partial charge in [-0.3, -0.25) is 9.59 Å². The Balaban J connectivity index is 3.48. The Labute approximate surface area is 418 Å². The predicted octanol–water partition coefficient (Wildman–Crippen LogP) is 18.6. The number of aliphatic hydroxyl groups is 2. The summed E-state index contributed by atoms with van der Waals surface area (Å²) < 4.78 is 5.47. The first-order valence-corrected chi connectivity index (χ1v) is 30.1. The van der Waals surface area contributed by atoms with Crippen LogP contribution in [0.15, 0.2) is 24.3 Å². The molecule has 0 aromatic rings. The minimum absolute atomic E-state index is 0.0224. The highest BCUT2D eigenvalue weighted by atomic mass is 16.5. The molecule has 0 aliphatic heterocycles. The van der Waals surface area contributed by atoms with E-state index in [-0.39, 0.29) is 18.5 Å². The standard InChI is InChI=1S/C61H117NO5/c1-3-5-7-9-11-13-15-17-19-21-23-25-27-29-33-37-41-45-49-53-59(64)58(57-63)62-60(65)54-50-46-42-38-34-31-32-36-40-44-48-52-56-67-61(66)55-51-47-43-39-35-30-28-26-24-22-20-18-16-14-12-10-8-6-4-2/h18,20,32,36,58-59,63-64H,3-17,19,21-31,33-35,37-57H2,1-2H3,(H,62,65)/b20-18-,36-32-. The average Bonchev–Trinajstić information content (AvgIpc) is 3.33. The zero-order valence-electron chi connectivity index (χ0n) is 45.1. The molecule has 2 atom stereocenters. The van der Waals surface area contributed by atoms with Crippen LogP contribution in [0.4, 0.5) is 0 Å². The number of allylic oxidation sites excluding steroid dienone is 4. The smallest absolute Gasteiger partial charge is 0.305 e. The molecule has 0 saturated heterocycles. The maximum atomic E-state index is 12.5. The number of hydrogen-bond donors (Lipinski definition) is 3. The second kappa shape index (κ2) is 56.9. The van der Waals surface area contributed by atoms with Crippen molar-refractivity contribution in [2.75, 3.05) is 13.2 Å². The van der Waals surface area contributed by atoms with Crippen molar-refractivity contribution in [1.29, 1.82) is 0 Å². The van der Waals surface area contributed by atoms with Gasteiger partial charge in [-0.15, -0.1) is 0 Å². The topological polar surface area (TPSA) is 95.9 Å². The Morgan fingerprint density at radius 2 is 0.701 bits per heavy atom. The van der Waals surface area contributed by atoms with Crippen molar-refractivity contribution in [3.05, 3.63) is 24.3 Å². The highest BCUT2D eigenvalue weighted by Crippen LogP contribution is 2.17. The molecular formula is C61H117NO5. The lowest BCUT2D eigenvalue weighted by molar-refractivity contribution is -0.143. The maximum absolute atomic E-state index is 12.5. The number of rotatable bonds is 56. The van der Waals surface area contributed by atoms with Crippen molar-refractivity contribution in [2.24, 2.45) is 0 Å². The molecule has 0 bridgehead atoms. The van der Waals surface area contributed by atoms with Gasteiger partial charge in [-0.2, -0.15) is 0 Å². The van der Waals surface area contributed by atoms with Crippen LogP contribution in [-0.4, -0.2) is 47.4 Å². The summed E-state index contributed by atoms with van der Waals surface area (Å²) in [7, 11) is 0. The minimum Gasteiger partial charge on any atom is -0.466 e. The van der Waals surface area contributed by atoms with Gasteiger partial charge in [0.1, 0.15) is 0 Å².